The highest BCUT2D eigenvalue weighted by Crippen LogP contribution is 2.40. The number of anilines is 1. The number of phenolic OH excluding ortho intramolecular Hbond substituents is 1. The van der Waals surface area contributed by atoms with Crippen molar-refractivity contribution in [2.75, 3.05) is 11.9 Å². The van der Waals surface area contributed by atoms with Gasteiger partial charge in [-0.2, -0.15) is 0 Å². The third-order valence-electron chi connectivity index (χ3n) is 3.09. The third kappa shape index (κ3) is 1.06. The topological polar surface area (TPSA) is 45.4 Å². The first-order chi connectivity index (χ1) is 7.31. The normalized spacial score (nSPS) is 14.2. The second kappa shape index (κ2) is 2.92. The summed E-state index contributed by atoms with van der Waals surface area (Å²) in [6.45, 7) is 2.96. The van der Waals surface area contributed by atoms with Crippen molar-refractivity contribution in [3.05, 3.63) is 23.5 Å². The van der Waals surface area contributed by atoms with E-state index in [9.17, 15) is 5.11 Å². The first-order valence-corrected chi connectivity index (χ1v) is 5.30. The number of furan rings is 1. The zero-order valence-electron chi connectivity index (χ0n) is 8.63. The summed E-state index contributed by atoms with van der Waals surface area (Å²) in [7, 11) is 0. The van der Waals surface area contributed by atoms with Crippen molar-refractivity contribution in [1.29, 1.82) is 0 Å². The quantitative estimate of drug-likeness (QED) is 0.749. The number of fused-ring (bicyclic) bond motifs is 2. The Morgan fingerprint density at radius 2 is 2.40 bits per heavy atom. The lowest BCUT2D eigenvalue weighted by Crippen LogP contribution is -1.90. The van der Waals surface area contributed by atoms with Crippen molar-refractivity contribution >= 4 is 16.7 Å². The molecule has 0 fully saturated rings. The summed E-state index contributed by atoms with van der Waals surface area (Å²) in [6, 6.07) is 1.98. The number of phenols is 1. The van der Waals surface area contributed by atoms with Crippen LogP contribution in [0, 0.1) is 0 Å². The van der Waals surface area contributed by atoms with Crippen LogP contribution in [-0.4, -0.2) is 11.7 Å². The molecule has 15 heavy (non-hydrogen) atoms. The average Bonchev–Trinajstić information content (AvgIpc) is 2.83. The number of hydrogen-bond donors (Lipinski definition) is 2. The molecule has 2 aromatic rings. The highest BCUT2D eigenvalue weighted by atomic mass is 16.3. The van der Waals surface area contributed by atoms with Gasteiger partial charge in [0.1, 0.15) is 11.3 Å². The van der Waals surface area contributed by atoms with Gasteiger partial charge >= 0.3 is 0 Å². The van der Waals surface area contributed by atoms with Crippen LogP contribution in [0.1, 0.15) is 18.1 Å². The highest BCUT2D eigenvalue weighted by molar-refractivity contribution is 5.93. The van der Waals surface area contributed by atoms with Crippen LogP contribution in [-0.2, 0) is 12.8 Å². The van der Waals surface area contributed by atoms with Gasteiger partial charge in [0.2, 0.25) is 0 Å². The van der Waals surface area contributed by atoms with E-state index in [1.54, 1.807) is 6.26 Å². The highest BCUT2D eigenvalue weighted by Gasteiger charge is 2.20. The predicted molar refractivity (Wildman–Crippen MR) is 59.5 cm³/mol. The van der Waals surface area contributed by atoms with Crippen LogP contribution in [0.25, 0.3) is 11.0 Å². The van der Waals surface area contributed by atoms with Crippen molar-refractivity contribution in [2.24, 2.45) is 0 Å². The largest absolute Gasteiger partial charge is 0.507 e. The van der Waals surface area contributed by atoms with Gasteiger partial charge in [-0.25, -0.2) is 0 Å². The first kappa shape index (κ1) is 8.65. The Labute approximate surface area is 87.7 Å². The van der Waals surface area contributed by atoms with E-state index < -0.39 is 0 Å². The minimum atomic E-state index is 0.401. The van der Waals surface area contributed by atoms with Gasteiger partial charge in [-0.1, -0.05) is 6.92 Å². The van der Waals surface area contributed by atoms with Gasteiger partial charge in [0, 0.05) is 29.4 Å². The van der Waals surface area contributed by atoms with Crippen molar-refractivity contribution in [1.82, 2.24) is 0 Å². The van der Waals surface area contributed by atoms with E-state index in [4.69, 9.17) is 4.42 Å². The molecule has 0 saturated carbocycles. The molecular formula is C12H13NO2. The molecule has 1 aromatic heterocycles. The zero-order valence-corrected chi connectivity index (χ0v) is 8.63. The van der Waals surface area contributed by atoms with Crippen molar-refractivity contribution in [2.45, 2.75) is 19.8 Å². The fraction of sp³-hybridized carbons (Fsp3) is 0.333. The van der Waals surface area contributed by atoms with Gasteiger partial charge in [-0.3, -0.25) is 0 Å². The van der Waals surface area contributed by atoms with E-state index in [1.165, 1.54) is 0 Å². The molecule has 2 heterocycles. The lowest BCUT2D eigenvalue weighted by Gasteiger charge is -2.04. The van der Waals surface area contributed by atoms with Gasteiger partial charge in [-0.15, -0.1) is 0 Å². The Morgan fingerprint density at radius 1 is 1.53 bits per heavy atom. The van der Waals surface area contributed by atoms with Crippen LogP contribution in [0.2, 0.25) is 0 Å². The second-order valence-corrected chi connectivity index (χ2v) is 3.92. The minimum Gasteiger partial charge on any atom is -0.507 e. The van der Waals surface area contributed by atoms with Gasteiger partial charge in [-0.05, 0) is 12.8 Å². The maximum absolute atomic E-state index is 10.2. The molecule has 0 saturated heterocycles. The summed E-state index contributed by atoms with van der Waals surface area (Å²) < 4.78 is 5.45. The van der Waals surface area contributed by atoms with Crippen LogP contribution in [0.15, 0.2) is 16.7 Å². The Hall–Kier alpha value is -1.64. The third-order valence-corrected chi connectivity index (χ3v) is 3.09. The molecule has 0 amide bonds. The van der Waals surface area contributed by atoms with E-state index >= 15 is 0 Å². The molecule has 0 radical (unpaired) electrons. The molecule has 0 unspecified atom stereocenters. The first-order valence-electron chi connectivity index (χ1n) is 5.30. The van der Waals surface area contributed by atoms with Crippen LogP contribution in [0.4, 0.5) is 5.69 Å². The van der Waals surface area contributed by atoms with E-state index in [2.05, 4.69) is 12.2 Å². The molecule has 3 heteroatoms. The molecule has 0 aliphatic carbocycles. The Kier molecular flexibility index (Phi) is 1.69. The van der Waals surface area contributed by atoms with Crippen LogP contribution < -0.4 is 5.32 Å². The Bertz CT molecular complexity index is 528. The molecule has 3 nitrogen and oxygen atoms in total. The molecule has 1 aliphatic heterocycles. The van der Waals surface area contributed by atoms with E-state index in [-0.39, 0.29) is 0 Å². The van der Waals surface area contributed by atoms with E-state index in [1.807, 2.05) is 6.07 Å². The summed E-state index contributed by atoms with van der Waals surface area (Å²) in [5, 5.41) is 14.3. The monoisotopic (exact) mass is 203 g/mol. The fourth-order valence-electron chi connectivity index (χ4n) is 2.28. The fourth-order valence-corrected chi connectivity index (χ4v) is 2.28. The Morgan fingerprint density at radius 3 is 3.20 bits per heavy atom. The number of aromatic hydroxyl groups is 1. The Balaban J connectivity index is 2.39. The van der Waals surface area contributed by atoms with Crippen molar-refractivity contribution in [3.8, 4) is 5.75 Å². The van der Waals surface area contributed by atoms with Gasteiger partial charge in [0.05, 0.1) is 11.6 Å². The van der Waals surface area contributed by atoms with Crippen molar-refractivity contribution in [3.63, 3.8) is 0 Å². The second-order valence-electron chi connectivity index (χ2n) is 3.92. The summed E-state index contributed by atoms with van der Waals surface area (Å²) in [5.74, 6) is 0.401. The summed E-state index contributed by atoms with van der Waals surface area (Å²) >= 11 is 0. The maximum atomic E-state index is 10.2. The number of hydrogen-bond acceptors (Lipinski definition) is 3. The molecule has 0 atom stereocenters. The standard InChI is InChI=1S/C12H13NO2/c1-2-7-6-15-10-5-9-8(3-4-13-9)12(14)11(7)10/h5-6,13-14H,2-4H2,1H3. The van der Waals surface area contributed by atoms with Crippen molar-refractivity contribution < 1.29 is 9.52 Å². The smallest absolute Gasteiger partial charge is 0.139 e. The molecule has 2 N–H and O–H groups in total. The SMILES string of the molecule is CCc1coc2cc3c(c(O)c12)CCN3. The van der Waals surface area contributed by atoms with Gasteiger partial charge in [0.25, 0.3) is 0 Å². The predicted octanol–water partition coefficient (Wildman–Crippen LogP) is 2.67. The molecule has 1 aromatic carbocycles. The van der Waals surface area contributed by atoms with E-state index in [0.29, 0.717) is 5.75 Å². The van der Waals surface area contributed by atoms with Gasteiger partial charge < -0.3 is 14.8 Å². The molecule has 0 bridgehead atoms. The zero-order chi connectivity index (χ0) is 10.4. The molecule has 0 spiro atoms. The minimum absolute atomic E-state index is 0.401. The summed E-state index contributed by atoms with van der Waals surface area (Å²) in [4.78, 5) is 0. The summed E-state index contributed by atoms with van der Waals surface area (Å²) in [6.07, 6.45) is 3.51. The lowest BCUT2D eigenvalue weighted by atomic mass is 10.0. The molecular weight excluding hydrogens is 190 g/mol. The number of nitrogens with one attached hydrogen (secondary N) is 1. The number of rotatable bonds is 1. The molecule has 3 rings (SSSR count). The van der Waals surface area contributed by atoms with E-state index in [0.717, 1.165) is 47.2 Å². The number of aryl methyl sites for hydroxylation is 1. The molecule has 78 valence electrons. The lowest BCUT2D eigenvalue weighted by molar-refractivity contribution is 0.476. The number of benzene rings is 1. The maximum Gasteiger partial charge on any atom is 0.139 e. The van der Waals surface area contributed by atoms with Gasteiger partial charge in [0.15, 0.2) is 0 Å². The van der Waals surface area contributed by atoms with Crippen LogP contribution in [0.3, 0.4) is 0 Å². The molecule has 1 aliphatic rings. The summed E-state index contributed by atoms with van der Waals surface area (Å²) in [5.41, 5.74) is 3.89. The van der Waals surface area contributed by atoms with Crippen LogP contribution >= 0.6 is 0 Å². The average molecular weight is 203 g/mol. The van der Waals surface area contributed by atoms with Crippen LogP contribution in [0.5, 0.6) is 5.75 Å².